The summed E-state index contributed by atoms with van der Waals surface area (Å²) in [5, 5.41) is 0. The number of hydrogen-bond acceptors (Lipinski definition) is 5. The van der Waals surface area contributed by atoms with Crippen molar-refractivity contribution in [1.82, 2.24) is 0 Å². The minimum atomic E-state index is -1.07. The molecule has 2 aliphatic carbocycles. The van der Waals surface area contributed by atoms with Crippen molar-refractivity contribution in [1.29, 1.82) is 0 Å². The summed E-state index contributed by atoms with van der Waals surface area (Å²) >= 11 is 0. The number of ketones is 1. The molecule has 0 saturated heterocycles. The first-order valence-electron chi connectivity index (χ1n) is 7.42. The molecule has 2 fully saturated rings. The Hall–Kier alpha value is -1.39. The zero-order chi connectivity index (χ0) is 14.6. The smallest absolute Gasteiger partial charge is 0.320 e. The molecule has 2 saturated carbocycles. The third-order valence-corrected chi connectivity index (χ3v) is 4.34. The summed E-state index contributed by atoms with van der Waals surface area (Å²) in [5.41, 5.74) is -1.07. The maximum absolute atomic E-state index is 12.4. The van der Waals surface area contributed by atoms with Gasteiger partial charge in [0.25, 0.3) is 0 Å². The second-order valence-electron chi connectivity index (χ2n) is 5.76. The molecule has 2 aliphatic rings. The normalized spacial score (nSPS) is 26.8. The molecule has 0 spiro atoms. The Bertz CT molecular complexity index is 397. The molecule has 5 heteroatoms. The molecule has 0 aromatic carbocycles. The van der Waals surface area contributed by atoms with Crippen LogP contribution in [0.25, 0.3) is 0 Å². The van der Waals surface area contributed by atoms with Crippen molar-refractivity contribution < 1.29 is 23.9 Å². The van der Waals surface area contributed by atoms with E-state index < -0.39 is 17.4 Å². The van der Waals surface area contributed by atoms with Gasteiger partial charge in [0.15, 0.2) is 0 Å². The summed E-state index contributed by atoms with van der Waals surface area (Å²) in [4.78, 5) is 35.4. The summed E-state index contributed by atoms with van der Waals surface area (Å²) in [6.07, 6.45) is 5.77. The number of carbonyl (C=O) groups is 3. The lowest BCUT2D eigenvalue weighted by Crippen LogP contribution is -2.39. The molecular formula is C15H22O5. The molecule has 5 nitrogen and oxygen atoms in total. The molecular weight excluding hydrogens is 260 g/mol. The maximum Gasteiger partial charge on any atom is 0.320 e. The number of Topliss-reactive ketones (excluding diaryl/α,β-unsaturated/α-hetero) is 1. The van der Waals surface area contributed by atoms with Gasteiger partial charge in [-0.2, -0.15) is 0 Å². The minimum Gasteiger partial charge on any atom is -0.466 e. The van der Waals surface area contributed by atoms with Gasteiger partial charge in [-0.05, 0) is 38.5 Å². The van der Waals surface area contributed by atoms with Gasteiger partial charge in [-0.3, -0.25) is 14.4 Å². The second-order valence-corrected chi connectivity index (χ2v) is 5.76. The molecule has 0 N–H and O–H groups in total. The van der Waals surface area contributed by atoms with Gasteiger partial charge in [-0.1, -0.05) is 0 Å². The summed E-state index contributed by atoms with van der Waals surface area (Å²) < 4.78 is 10.4. The highest BCUT2D eigenvalue weighted by molar-refractivity contribution is 6.05. The lowest BCUT2D eigenvalue weighted by Gasteiger charge is -2.26. The van der Waals surface area contributed by atoms with Crippen LogP contribution in [0.5, 0.6) is 0 Å². The number of esters is 2. The van der Waals surface area contributed by atoms with E-state index in [9.17, 15) is 14.4 Å². The molecule has 0 aromatic heterocycles. The number of ether oxygens (including phenoxy) is 2. The van der Waals surface area contributed by atoms with Crippen LogP contribution in [0.15, 0.2) is 0 Å². The highest BCUT2D eigenvalue weighted by Gasteiger charge is 2.50. The zero-order valence-corrected chi connectivity index (χ0v) is 12.0. The molecule has 112 valence electrons. The van der Waals surface area contributed by atoms with Crippen molar-refractivity contribution in [2.24, 2.45) is 5.41 Å². The molecule has 0 amide bonds. The van der Waals surface area contributed by atoms with Crippen molar-refractivity contribution in [2.75, 3.05) is 6.61 Å². The summed E-state index contributed by atoms with van der Waals surface area (Å²) in [6.45, 7) is 1.42. The quantitative estimate of drug-likeness (QED) is 0.571. The number of carbonyl (C=O) groups excluding carboxylic acids is 3. The van der Waals surface area contributed by atoms with Gasteiger partial charge >= 0.3 is 11.9 Å². The molecule has 0 aliphatic heterocycles. The first-order valence-corrected chi connectivity index (χ1v) is 7.42. The van der Waals surface area contributed by atoms with Gasteiger partial charge < -0.3 is 9.47 Å². The molecule has 0 bridgehead atoms. The van der Waals surface area contributed by atoms with Gasteiger partial charge in [0.1, 0.15) is 17.3 Å². The van der Waals surface area contributed by atoms with E-state index in [1.165, 1.54) is 6.92 Å². The van der Waals surface area contributed by atoms with E-state index in [1.807, 2.05) is 0 Å². The fraction of sp³-hybridized carbons (Fsp3) is 0.800. The zero-order valence-electron chi connectivity index (χ0n) is 12.0. The lowest BCUT2D eigenvalue weighted by atomic mass is 9.82. The SMILES string of the molecule is CC(=O)OCCC1(C(=O)OC2CCCC2)CCCC1=O. The average molecular weight is 282 g/mol. The third kappa shape index (κ3) is 3.19. The molecule has 20 heavy (non-hydrogen) atoms. The van der Waals surface area contributed by atoms with Crippen LogP contribution < -0.4 is 0 Å². The fourth-order valence-electron chi connectivity index (χ4n) is 3.15. The Labute approximate surface area is 119 Å². The van der Waals surface area contributed by atoms with E-state index in [0.29, 0.717) is 19.3 Å². The summed E-state index contributed by atoms with van der Waals surface area (Å²) in [6, 6.07) is 0. The molecule has 1 atom stereocenters. The Kier molecular flexibility index (Phi) is 4.78. The Morgan fingerprint density at radius 1 is 1.25 bits per heavy atom. The Morgan fingerprint density at radius 2 is 1.95 bits per heavy atom. The van der Waals surface area contributed by atoms with Crippen molar-refractivity contribution in [3.05, 3.63) is 0 Å². The monoisotopic (exact) mass is 282 g/mol. The fourth-order valence-corrected chi connectivity index (χ4v) is 3.15. The van der Waals surface area contributed by atoms with Gasteiger partial charge in [0.05, 0.1) is 6.61 Å². The predicted octanol–water partition coefficient (Wildman–Crippen LogP) is 2.16. The minimum absolute atomic E-state index is 0.0403. The standard InChI is InChI=1S/C15H22O5/c1-11(16)19-10-9-15(8-4-7-13(15)17)14(18)20-12-5-2-3-6-12/h12H,2-10H2,1H3. The van der Waals surface area contributed by atoms with E-state index >= 15 is 0 Å². The van der Waals surface area contributed by atoms with E-state index in [2.05, 4.69) is 0 Å². The van der Waals surface area contributed by atoms with Crippen LogP contribution in [-0.4, -0.2) is 30.4 Å². The van der Waals surface area contributed by atoms with Crippen LogP contribution >= 0.6 is 0 Å². The second kappa shape index (κ2) is 6.37. The van der Waals surface area contributed by atoms with Crippen LogP contribution in [0.2, 0.25) is 0 Å². The van der Waals surface area contributed by atoms with Crippen LogP contribution in [0.1, 0.15) is 58.3 Å². The average Bonchev–Trinajstić information content (AvgIpc) is 3.00. The van der Waals surface area contributed by atoms with Crippen molar-refractivity contribution in [3.8, 4) is 0 Å². The van der Waals surface area contributed by atoms with Crippen LogP contribution in [0.3, 0.4) is 0 Å². The number of hydrogen-bond donors (Lipinski definition) is 0. The largest absolute Gasteiger partial charge is 0.466 e. The molecule has 0 radical (unpaired) electrons. The van der Waals surface area contributed by atoms with Crippen molar-refractivity contribution in [2.45, 2.75) is 64.4 Å². The van der Waals surface area contributed by atoms with Crippen molar-refractivity contribution in [3.63, 3.8) is 0 Å². The Balaban J connectivity index is 2.00. The van der Waals surface area contributed by atoms with E-state index in [4.69, 9.17) is 9.47 Å². The van der Waals surface area contributed by atoms with Gasteiger partial charge in [0.2, 0.25) is 0 Å². The molecule has 1 unspecified atom stereocenters. The topological polar surface area (TPSA) is 69.7 Å². The molecule has 0 aromatic rings. The lowest BCUT2D eigenvalue weighted by molar-refractivity contribution is -0.166. The van der Waals surface area contributed by atoms with Crippen LogP contribution in [-0.2, 0) is 23.9 Å². The van der Waals surface area contributed by atoms with Gasteiger partial charge in [-0.15, -0.1) is 0 Å². The first kappa shape index (κ1) is 15.0. The summed E-state index contributed by atoms with van der Waals surface area (Å²) in [5.74, 6) is -0.860. The van der Waals surface area contributed by atoms with E-state index in [-0.39, 0.29) is 24.9 Å². The van der Waals surface area contributed by atoms with E-state index in [1.54, 1.807) is 0 Å². The highest BCUT2D eigenvalue weighted by atomic mass is 16.5. The molecule has 2 rings (SSSR count). The van der Waals surface area contributed by atoms with Gasteiger partial charge in [0, 0.05) is 19.8 Å². The Morgan fingerprint density at radius 3 is 2.50 bits per heavy atom. The van der Waals surface area contributed by atoms with Crippen LogP contribution in [0.4, 0.5) is 0 Å². The highest BCUT2D eigenvalue weighted by Crippen LogP contribution is 2.40. The number of rotatable bonds is 5. The first-order chi connectivity index (χ1) is 9.54. The van der Waals surface area contributed by atoms with E-state index in [0.717, 1.165) is 25.7 Å². The third-order valence-electron chi connectivity index (χ3n) is 4.34. The summed E-state index contributed by atoms with van der Waals surface area (Å²) in [7, 11) is 0. The molecule has 0 heterocycles. The predicted molar refractivity (Wildman–Crippen MR) is 70.9 cm³/mol. The van der Waals surface area contributed by atoms with Crippen LogP contribution in [0, 0.1) is 5.41 Å². The van der Waals surface area contributed by atoms with Gasteiger partial charge in [-0.25, -0.2) is 0 Å². The van der Waals surface area contributed by atoms with Crippen molar-refractivity contribution >= 4 is 17.7 Å². The maximum atomic E-state index is 12.4.